The summed E-state index contributed by atoms with van der Waals surface area (Å²) in [7, 11) is 1.03. The average Bonchev–Trinajstić information content (AvgIpc) is 2.98. The van der Waals surface area contributed by atoms with Crippen LogP contribution in [0.25, 0.3) is 0 Å². The normalized spacial score (nSPS) is 21.9. The maximum atomic E-state index is 13.5. The van der Waals surface area contributed by atoms with Crippen LogP contribution in [0.4, 0.5) is 19.1 Å². The number of aromatic nitrogens is 2. The summed E-state index contributed by atoms with van der Waals surface area (Å²) in [5.41, 5.74) is -1.40. The molecule has 0 saturated carbocycles. The van der Waals surface area contributed by atoms with Crippen LogP contribution in [0.1, 0.15) is 41.3 Å². The molecule has 0 N–H and O–H groups in total. The third kappa shape index (κ3) is 3.37. The number of halogens is 3. The van der Waals surface area contributed by atoms with Gasteiger partial charge in [0.15, 0.2) is 0 Å². The zero-order chi connectivity index (χ0) is 23.3. The Morgan fingerprint density at radius 2 is 1.88 bits per heavy atom. The fraction of sp³-hybridized carbons (Fsp3) is 0.304. The number of methoxy groups -OCH3 is 1. The van der Waals surface area contributed by atoms with E-state index in [1.54, 1.807) is 32.1 Å². The highest BCUT2D eigenvalue weighted by atomic mass is 19.4. The molecule has 2 atom stereocenters. The van der Waals surface area contributed by atoms with Crippen LogP contribution < -0.4 is 4.90 Å². The number of rotatable bonds is 3. The number of benzene rings is 1. The molecule has 1 aliphatic heterocycles. The number of anilines is 1. The zero-order valence-corrected chi connectivity index (χ0v) is 17.6. The molecule has 0 bridgehead atoms. The van der Waals surface area contributed by atoms with Gasteiger partial charge in [0.1, 0.15) is 0 Å². The van der Waals surface area contributed by atoms with Crippen LogP contribution in [0.3, 0.4) is 0 Å². The number of nitrogens with zero attached hydrogens (tertiary/aromatic N) is 3. The van der Waals surface area contributed by atoms with Crippen LogP contribution in [0.15, 0.2) is 60.6 Å². The first-order chi connectivity index (χ1) is 15.1. The van der Waals surface area contributed by atoms with Crippen molar-refractivity contribution >= 4 is 17.8 Å². The molecule has 6 nitrogen and oxygen atoms in total. The molecular weight excluding hydrogens is 423 g/mol. The van der Waals surface area contributed by atoms with Crippen molar-refractivity contribution in [2.75, 3.05) is 12.0 Å². The number of hydrogen-bond acceptors (Lipinski definition) is 5. The molecule has 2 heterocycles. The summed E-state index contributed by atoms with van der Waals surface area (Å²) >= 11 is 0. The van der Waals surface area contributed by atoms with Gasteiger partial charge in [-0.2, -0.15) is 13.2 Å². The number of allylic oxidation sites excluding steroid dienone is 4. The summed E-state index contributed by atoms with van der Waals surface area (Å²) in [6.45, 7) is 3.57. The van der Waals surface area contributed by atoms with Gasteiger partial charge >= 0.3 is 12.1 Å². The van der Waals surface area contributed by atoms with Crippen LogP contribution in [-0.2, 0) is 15.7 Å². The van der Waals surface area contributed by atoms with Crippen molar-refractivity contribution in [2.24, 2.45) is 11.3 Å². The van der Waals surface area contributed by atoms with Crippen molar-refractivity contribution in [3.8, 4) is 0 Å². The Morgan fingerprint density at radius 3 is 2.50 bits per heavy atom. The molecule has 2 aliphatic rings. The summed E-state index contributed by atoms with van der Waals surface area (Å²) in [6, 6.07) is 5.07. The van der Waals surface area contributed by atoms with Gasteiger partial charge in [-0.3, -0.25) is 9.69 Å². The fourth-order valence-electron chi connectivity index (χ4n) is 4.46. The predicted octanol–water partition coefficient (Wildman–Crippen LogP) is 4.51. The largest absolute Gasteiger partial charge is 0.465 e. The summed E-state index contributed by atoms with van der Waals surface area (Å²) in [4.78, 5) is 35.3. The van der Waals surface area contributed by atoms with Gasteiger partial charge in [0.05, 0.1) is 23.7 Å². The van der Waals surface area contributed by atoms with Crippen molar-refractivity contribution in [3.63, 3.8) is 0 Å². The summed E-state index contributed by atoms with van der Waals surface area (Å²) in [5, 5.41) is 0. The number of fused-ring (bicyclic) bond motifs is 1. The van der Waals surface area contributed by atoms with Gasteiger partial charge in [0.25, 0.3) is 0 Å². The molecule has 1 fully saturated rings. The second kappa shape index (κ2) is 7.58. The van der Waals surface area contributed by atoms with Crippen LogP contribution >= 0.6 is 0 Å². The number of ether oxygens (including phenoxy) is 1. The first-order valence-electron chi connectivity index (χ1n) is 9.86. The summed E-state index contributed by atoms with van der Waals surface area (Å²) < 4.78 is 44.9. The first-order valence-corrected chi connectivity index (χ1v) is 9.86. The molecule has 1 aromatic carbocycles. The lowest BCUT2D eigenvalue weighted by Gasteiger charge is -2.32. The maximum Gasteiger partial charge on any atom is 0.417 e. The lowest BCUT2D eigenvalue weighted by Crippen LogP contribution is -2.33. The van der Waals surface area contributed by atoms with Gasteiger partial charge < -0.3 is 4.74 Å². The molecule has 166 valence electrons. The lowest BCUT2D eigenvalue weighted by atomic mass is 9.68. The molecule has 0 spiro atoms. The van der Waals surface area contributed by atoms with Gasteiger partial charge in [-0.15, -0.1) is 0 Å². The molecule has 2 unspecified atom stereocenters. The van der Waals surface area contributed by atoms with Crippen molar-refractivity contribution in [2.45, 2.75) is 25.9 Å². The zero-order valence-electron chi connectivity index (χ0n) is 17.6. The third-order valence-corrected chi connectivity index (χ3v) is 5.94. The molecule has 4 rings (SSSR count). The Morgan fingerprint density at radius 1 is 1.19 bits per heavy atom. The number of carbonyl (C=O) groups excluding carboxylic acids is 2. The van der Waals surface area contributed by atoms with Crippen LogP contribution in [0.2, 0.25) is 0 Å². The minimum absolute atomic E-state index is 0.214. The van der Waals surface area contributed by atoms with Gasteiger partial charge in [0, 0.05) is 29.9 Å². The monoisotopic (exact) mass is 443 g/mol. The Labute approximate surface area is 182 Å². The van der Waals surface area contributed by atoms with Crippen molar-refractivity contribution in [1.29, 1.82) is 0 Å². The molecule has 2 aromatic rings. The summed E-state index contributed by atoms with van der Waals surface area (Å²) in [5.74, 6) is -1.90. The van der Waals surface area contributed by atoms with E-state index in [-0.39, 0.29) is 11.9 Å². The third-order valence-electron chi connectivity index (χ3n) is 5.94. The van der Waals surface area contributed by atoms with E-state index in [1.165, 1.54) is 29.4 Å². The number of esters is 1. The Balaban J connectivity index is 1.82. The van der Waals surface area contributed by atoms with Crippen LogP contribution in [0, 0.1) is 11.3 Å². The van der Waals surface area contributed by atoms with E-state index < -0.39 is 40.5 Å². The highest BCUT2D eigenvalue weighted by molar-refractivity contribution is 6.03. The Bertz CT molecular complexity index is 1140. The van der Waals surface area contributed by atoms with Crippen LogP contribution in [0.5, 0.6) is 0 Å². The number of hydrogen-bond donors (Lipinski definition) is 0. The molecular formula is C23H20F3N3O3. The number of amides is 1. The smallest absolute Gasteiger partial charge is 0.417 e. The Hall–Kier alpha value is -3.49. The second-order valence-corrected chi connectivity index (χ2v) is 8.19. The topological polar surface area (TPSA) is 72.4 Å². The van der Waals surface area contributed by atoms with Crippen molar-refractivity contribution < 1.29 is 27.5 Å². The van der Waals surface area contributed by atoms with Gasteiger partial charge in [0.2, 0.25) is 11.9 Å². The molecule has 1 amide bonds. The highest BCUT2D eigenvalue weighted by Gasteiger charge is 2.55. The fourth-order valence-corrected chi connectivity index (χ4v) is 4.46. The molecule has 32 heavy (non-hydrogen) atoms. The van der Waals surface area contributed by atoms with Gasteiger partial charge in [-0.05, 0) is 29.8 Å². The second-order valence-electron chi connectivity index (χ2n) is 8.19. The number of carbonyl (C=O) groups is 2. The summed E-state index contributed by atoms with van der Waals surface area (Å²) in [6.07, 6.45) is 3.71. The molecule has 1 aliphatic carbocycles. The van der Waals surface area contributed by atoms with Crippen molar-refractivity contribution in [3.05, 3.63) is 77.3 Å². The standard InChI is InChI=1S/C23H20F3N3O3/c1-22(2)18-14(13-8-9-16(23(24,25)26)15(12-13)19(30)32-3)6-4-7-17(18)29(20(22)31)21-27-10-5-11-28-21/h4-12,14,18H,1-3H3. The van der Waals surface area contributed by atoms with Crippen molar-refractivity contribution in [1.82, 2.24) is 9.97 Å². The minimum atomic E-state index is -4.71. The average molecular weight is 443 g/mol. The van der Waals surface area contributed by atoms with E-state index in [2.05, 4.69) is 14.7 Å². The van der Waals surface area contributed by atoms with Gasteiger partial charge in [-0.1, -0.05) is 32.1 Å². The molecule has 1 aromatic heterocycles. The van der Waals surface area contributed by atoms with Crippen LogP contribution in [-0.4, -0.2) is 29.0 Å². The van der Waals surface area contributed by atoms with E-state index in [1.807, 2.05) is 6.08 Å². The Kier molecular flexibility index (Phi) is 5.15. The maximum absolute atomic E-state index is 13.5. The van der Waals surface area contributed by atoms with E-state index in [0.29, 0.717) is 11.3 Å². The SMILES string of the molecule is COC(=O)c1cc(C2C=CC=C3C2C(C)(C)C(=O)N3c2ncccn2)ccc1C(F)(F)F. The molecule has 0 radical (unpaired) electrons. The quantitative estimate of drug-likeness (QED) is 0.653. The minimum Gasteiger partial charge on any atom is -0.465 e. The van der Waals surface area contributed by atoms with Gasteiger partial charge in [-0.25, -0.2) is 14.8 Å². The van der Waals surface area contributed by atoms with E-state index in [9.17, 15) is 22.8 Å². The van der Waals surface area contributed by atoms with E-state index in [0.717, 1.165) is 13.2 Å². The van der Waals surface area contributed by atoms with E-state index in [4.69, 9.17) is 0 Å². The molecule has 1 saturated heterocycles. The lowest BCUT2D eigenvalue weighted by molar-refractivity contribution is -0.138. The van der Waals surface area contributed by atoms with E-state index >= 15 is 0 Å². The number of alkyl halides is 3. The first kappa shape index (κ1) is 21.7. The highest BCUT2D eigenvalue weighted by Crippen LogP contribution is 2.53. The molecule has 9 heteroatoms. The predicted molar refractivity (Wildman–Crippen MR) is 110 cm³/mol.